The molecule has 1 fully saturated rings. The number of rotatable bonds is 37. The summed E-state index contributed by atoms with van der Waals surface area (Å²) in [6.45, 7) is 88.5. The average Bonchev–Trinajstić information content (AvgIpc) is 0.794. The van der Waals surface area contributed by atoms with Crippen molar-refractivity contribution in [3.05, 3.63) is 85.8 Å². The molecule has 5 N–H and O–H groups in total. The monoisotopic (exact) mass is 2080 g/mol. The number of ether oxygens (including phenoxy) is 5. The maximum atomic E-state index is 11.7. The first-order valence-corrected chi connectivity index (χ1v) is 58.0. The van der Waals surface area contributed by atoms with Crippen molar-refractivity contribution in [2.24, 2.45) is 27.6 Å². The summed E-state index contributed by atoms with van der Waals surface area (Å²) in [6.07, 6.45) is 28.5. The van der Waals surface area contributed by atoms with E-state index in [0.717, 1.165) is 122 Å². The molecule has 1 unspecified atom stereocenters. The Balaban J connectivity index is -0.000000195. The second kappa shape index (κ2) is 74.4. The van der Waals surface area contributed by atoms with Crippen LogP contribution in [0.1, 0.15) is 392 Å². The smallest absolute Gasteiger partial charge is 0.311 e. The van der Waals surface area contributed by atoms with E-state index in [4.69, 9.17) is 51.7 Å². The number of allylic oxidation sites excluding steroid dienone is 6. The SMILES string of the molecule is C/C(=C\Cc1c(O)c(Cl)c(C)c(C=O)c1O)CCCCOC(=O)C(C)(C)C.C=N.CC(=O)C(C)(C)C.CC(=O)CCCCO[Si](C)(C)C(C)(C)C.CC(C)(C)[Si](C)(C)C.CC/C=C(\C)CCCCOC(=O)C(C)(C)C.CC/C=C(\C)CCCCO[Si](C)(C)C(C)(C)C.CCOC(C)=O.Cc1c(Cl)c(O)c(CCC(C)CCCCOC(=O)C(C)(C)C)c(O)c1C=O.O=C1CCCCO1.[CH3-].[Pd]. The molecule has 21 nitrogen and oxygen atoms in total. The van der Waals surface area contributed by atoms with E-state index in [1.165, 1.54) is 37.3 Å². The number of halogens is 2. The summed E-state index contributed by atoms with van der Waals surface area (Å²) >= 11 is 12.1. The largest absolute Gasteiger partial charge is 0.507 e. The number of aromatic hydroxyl groups is 4. The Hall–Kier alpha value is -5.63. The minimum atomic E-state index is -1.57. The van der Waals surface area contributed by atoms with Gasteiger partial charge in [-0.3, -0.25) is 38.4 Å². The van der Waals surface area contributed by atoms with Gasteiger partial charge in [0.2, 0.25) is 0 Å². The normalized spacial score (nSPS) is 12.7. The van der Waals surface area contributed by atoms with Gasteiger partial charge in [-0.15, -0.1) is 0 Å². The zero-order chi connectivity index (χ0) is 105. The van der Waals surface area contributed by atoms with E-state index in [9.17, 15) is 63.6 Å². The summed E-state index contributed by atoms with van der Waals surface area (Å²) in [7, 11) is -3.94. The number of ketones is 2. The number of cyclic esters (lactones) is 1. The fourth-order valence-corrected chi connectivity index (χ4v) is 12.6. The second-order valence-electron chi connectivity index (χ2n) is 43.4. The van der Waals surface area contributed by atoms with Crippen LogP contribution in [0.3, 0.4) is 0 Å². The molecule has 1 aliphatic rings. The van der Waals surface area contributed by atoms with E-state index in [-0.39, 0.29) is 141 Å². The van der Waals surface area contributed by atoms with Crippen LogP contribution in [0.5, 0.6) is 23.0 Å². The Bertz CT molecular complexity index is 3740. The molecular formula is C107H196Cl2NO20PdSi3-. The number of benzene rings is 2. The summed E-state index contributed by atoms with van der Waals surface area (Å²) in [4.78, 5) is 98.4. The van der Waals surface area contributed by atoms with E-state index in [0.29, 0.717) is 97.6 Å². The van der Waals surface area contributed by atoms with E-state index < -0.39 is 35.5 Å². The third-order valence-corrected chi connectivity index (χ3v) is 37.6. The van der Waals surface area contributed by atoms with Gasteiger partial charge in [0, 0.05) is 78.0 Å². The maximum Gasteiger partial charge on any atom is 0.311 e. The van der Waals surface area contributed by atoms with Gasteiger partial charge in [0.1, 0.15) is 34.6 Å². The standard InChI is InChI=1S/C21H31ClO5.C21H29ClO5.C15H32OSi.C14H26O2.C12H26O2Si.C7H18Si.C6H12O.C5H8O2.C4H8O2.CH3N.CH3.Pd/c2*1-13(8-6-7-11-27-20(26)21(3,4)5)9-10-15-18(24)16(12-23)14(2)17(22)19(15)25;1-8-11-14(2)12-9-10-13-16-17(6,7)15(3,4)5;1-6-9-12(2)10-7-8-11-16-13(15)14(3,4)5;1-11(13)9-7-8-10-14-15(5,6)12(2,3)4;1-7(2,3)8(4,5)6;1-5(7)6(2,3)4;6-5-3-1-2-4-7-5;1-3-6-4(2)5;1-2;;/h12-13,24-25H,6-11H2,1-5H3;9,12,24-25H,6-8,10-11H2,1-5H3;11H,8-10,12-13H2,1-7H3;9H,6-8,10-11H2,1-5H3;7-10H2,1-6H3;1-6H3;1-4H3;1-4H2;3H2,1-2H3;2H,1H2;1H3;/q;;;;;;;;;;-1;/b;13-9+;14-11+;12-9+;;;;;;;;. The molecule has 0 radical (unpaired) electrons. The Morgan fingerprint density at radius 3 is 1.03 bits per heavy atom. The molecule has 0 aromatic heterocycles. The number of phenols is 4. The Labute approximate surface area is 844 Å². The van der Waals surface area contributed by atoms with Crippen LogP contribution >= 0.6 is 23.2 Å². The molecule has 1 aliphatic heterocycles. The van der Waals surface area contributed by atoms with E-state index in [2.05, 4.69) is 171 Å². The number of phenolic OH excluding ortho intramolecular Hbond substituents is 4. The van der Waals surface area contributed by atoms with E-state index in [1.54, 1.807) is 34.6 Å². The second-order valence-corrected chi connectivity index (χ2v) is 59.8. The van der Waals surface area contributed by atoms with Gasteiger partial charge in [0.05, 0.1) is 70.5 Å². The van der Waals surface area contributed by atoms with Gasteiger partial charge in [0.25, 0.3) is 0 Å². The first-order valence-electron chi connectivity index (χ1n) is 47.9. The number of carbonyl (C=O) groups excluding carboxylic acids is 9. The molecule has 2 aromatic rings. The number of nitrogens with one attached hydrogen (secondary N) is 1. The van der Waals surface area contributed by atoms with E-state index in [1.807, 2.05) is 96.1 Å². The maximum absolute atomic E-state index is 11.7. The minimum Gasteiger partial charge on any atom is -0.507 e. The van der Waals surface area contributed by atoms with Gasteiger partial charge >= 0.3 is 29.8 Å². The summed E-state index contributed by atoms with van der Waals surface area (Å²) in [6, 6.07) is 0. The molecular weight excluding hydrogens is 1880 g/mol. The van der Waals surface area contributed by atoms with Crippen molar-refractivity contribution < 1.29 is 117 Å². The predicted molar refractivity (Wildman–Crippen MR) is 567 cm³/mol. The zero-order valence-electron chi connectivity index (χ0n) is 92.3. The molecule has 0 bridgehead atoms. The van der Waals surface area contributed by atoms with Crippen LogP contribution in [-0.2, 0) is 99.4 Å². The van der Waals surface area contributed by atoms with Crippen LogP contribution in [0.2, 0.25) is 71.0 Å². The van der Waals surface area contributed by atoms with Crippen LogP contribution in [0, 0.1) is 54.3 Å². The fraction of sp³-hybridized carbons (Fsp3) is 0.729. The molecule has 0 spiro atoms. The van der Waals surface area contributed by atoms with Crippen molar-refractivity contribution in [1.82, 2.24) is 0 Å². The summed E-state index contributed by atoms with van der Waals surface area (Å²) in [5, 5.41) is 47.7. The minimum absolute atomic E-state index is 0. The molecule has 2 aromatic carbocycles. The van der Waals surface area contributed by atoms with Crippen LogP contribution in [0.4, 0.5) is 0 Å². The van der Waals surface area contributed by atoms with Crippen LogP contribution in [-0.4, -0.2) is 152 Å². The van der Waals surface area contributed by atoms with Crippen molar-refractivity contribution >= 4 is 109 Å². The van der Waals surface area contributed by atoms with Crippen molar-refractivity contribution in [3.8, 4) is 23.0 Å². The molecule has 786 valence electrons. The fourth-order valence-electron chi connectivity index (χ4n) is 9.95. The van der Waals surface area contributed by atoms with Gasteiger partial charge in [0.15, 0.2) is 29.2 Å². The number of Topliss-reactive ketones (excluding diaryl/α,β-unsaturated/α-hetero) is 2. The summed E-state index contributed by atoms with van der Waals surface area (Å²) in [5.41, 5.74) is 4.06. The Kier molecular flexibility index (Phi) is 81.1. The number of hydrogen-bond acceptors (Lipinski definition) is 21. The first kappa shape index (κ1) is 146. The topological polar surface area (TPSA) is 323 Å². The van der Waals surface area contributed by atoms with Crippen molar-refractivity contribution in [2.45, 2.75) is 437 Å². The van der Waals surface area contributed by atoms with Gasteiger partial charge in [-0.2, -0.15) is 0 Å². The van der Waals surface area contributed by atoms with Crippen molar-refractivity contribution in [3.63, 3.8) is 0 Å². The summed E-state index contributed by atoms with van der Waals surface area (Å²) in [5.74, 6) is -0.650. The van der Waals surface area contributed by atoms with Gasteiger partial charge in [-0.1, -0.05) is 188 Å². The van der Waals surface area contributed by atoms with Crippen LogP contribution in [0.15, 0.2) is 34.9 Å². The number of aldehydes is 2. The molecule has 27 heteroatoms. The predicted octanol–water partition coefficient (Wildman–Crippen LogP) is 30.5. The molecule has 3 rings (SSSR count). The zero-order valence-corrected chi connectivity index (χ0v) is 98.3. The number of esters is 5. The first-order chi connectivity index (χ1) is 60.1. The molecule has 134 heavy (non-hydrogen) atoms. The number of unbranched alkanes of at least 4 members (excludes halogenated alkanes) is 5. The number of hydrogen-bond donors (Lipinski definition) is 5. The van der Waals surface area contributed by atoms with Crippen LogP contribution < -0.4 is 0 Å². The molecule has 0 saturated carbocycles. The molecule has 0 amide bonds. The quantitative estimate of drug-likeness (QED) is 0.00613. The molecule has 1 atom stereocenters. The van der Waals surface area contributed by atoms with E-state index >= 15 is 0 Å². The molecule has 0 aliphatic carbocycles. The van der Waals surface area contributed by atoms with Gasteiger partial charge in [-0.25, -0.2) is 0 Å². The molecule has 1 heterocycles. The van der Waals surface area contributed by atoms with Crippen LogP contribution in [0.25, 0.3) is 0 Å². The van der Waals surface area contributed by atoms with Crippen molar-refractivity contribution in [1.29, 1.82) is 5.41 Å². The van der Waals surface area contributed by atoms with Crippen molar-refractivity contribution in [2.75, 3.05) is 46.2 Å². The molecule has 1 saturated heterocycles. The Morgan fingerprint density at radius 1 is 0.463 bits per heavy atom. The summed E-state index contributed by atoms with van der Waals surface area (Å²) < 4.78 is 36.9. The third kappa shape index (κ3) is 71.8. The Morgan fingerprint density at radius 2 is 0.776 bits per heavy atom. The van der Waals surface area contributed by atoms with Gasteiger partial charge in [-0.05, 0) is 311 Å². The number of carbonyl (C=O) groups is 9. The van der Waals surface area contributed by atoms with Gasteiger partial charge < -0.3 is 70.6 Å². The third-order valence-electron chi connectivity index (χ3n) is 23.1. The average molecular weight is 2080 g/mol.